The van der Waals surface area contributed by atoms with Crippen LogP contribution in [0.25, 0.3) is 0 Å². The molecule has 1 saturated heterocycles. The van der Waals surface area contributed by atoms with Gasteiger partial charge in [-0.3, -0.25) is 0 Å². The maximum Gasteiger partial charge on any atom is 0.191 e. The zero-order valence-electron chi connectivity index (χ0n) is 19.0. The van der Waals surface area contributed by atoms with Gasteiger partial charge in [-0.25, -0.2) is 4.99 Å². The Hall–Kier alpha value is -3.09. The third-order valence-electron chi connectivity index (χ3n) is 5.25. The van der Waals surface area contributed by atoms with E-state index in [1.165, 1.54) is 0 Å². The Morgan fingerprint density at radius 3 is 2.61 bits per heavy atom. The molecule has 2 aromatic rings. The molecule has 2 aromatic carbocycles. The summed E-state index contributed by atoms with van der Waals surface area (Å²) < 4.78 is 16.6. The Bertz CT molecular complexity index is 872. The second kappa shape index (κ2) is 11.3. The summed E-state index contributed by atoms with van der Waals surface area (Å²) in [4.78, 5) is 7.14. The molecule has 31 heavy (non-hydrogen) atoms. The first-order valence-electron chi connectivity index (χ1n) is 10.9. The molecule has 1 aliphatic heterocycles. The number of methoxy groups -OCH3 is 2. The highest BCUT2D eigenvalue weighted by molar-refractivity contribution is 5.80. The first kappa shape index (κ1) is 22.6. The van der Waals surface area contributed by atoms with Crippen LogP contribution in [0.4, 0.5) is 5.69 Å². The van der Waals surface area contributed by atoms with Crippen molar-refractivity contribution in [2.75, 3.05) is 45.4 Å². The van der Waals surface area contributed by atoms with Crippen molar-refractivity contribution in [3.05, 3.63) is 48.0 Å². The Labute approximate surface area is 185 Å². The molecule has 3 rings (SSSR count). The highest BCUT2D eigenvalue weighted by Crippen LogP contribution is 2.30. The van der Waals surface area contributed by atoms with Gasteiger partial charge in [0.25, 0.3) is 0 Å². The van der Waals surface area contributed by atoms with Crippen molar-refractivity contribution in [2.45, 2.75) is 32.9 Å². The summed E-state index contributed by atoms with van der Waals surface area (Å²) in [5.74, 6) is 3.22. The molecule has 0 spiro atoms. The van der Waals surface area contributed by atoms with Crippen LogP contribution in [0.1, 0.15) is 25.8 Å². The lowest BCUT2D eigenvalue weighted by molar-refractivity contribution is 0.310. The van der Waals surface area contributed by atoms with Gasteiger partial charge in [0, 0.05) is 25.7 Å². The van der Waals surface area contributed by atoms with E-state index < -0.39 is 0 Å². The summed E-state index contributed by atoms with van der Waals surface area (Å²) in [5.41, 5.74) is 2.21. The topological polar surface area (TPSA) is 67.4 Å². The fourth-order valence-corrected chi connectivity index (χ4v) is 3.76. The number of ether oxygens (including phenoxy) is 3. The lowest BCUT2D eigenvalue weighted by atomic mass is 10.2. The van der Waals surface area contributed by atoms with Gasteiger partial charge >= 0.3 is 0 Å². The maximum absolute atomic E-state index is 5.60. The summed E-state index contributed by atoms with van der Waals surface area (Å²) in [6.07, 6.45) is 1.04. The minimum Gasteiger partial charge on any atom is -0.495 e. The summed E-state index contributed by atoms with van der Waals surface area (Å²) in [6, 6.07) is 14.4. The smallest absolute Gasteiger partial charge is 0.191 e. The largest absolute Gasteiger partial charge is 0.495 e. The fourth-order valence-electron chi connectivity index (χ4n) is 3.76. The van der Waals surface area contributed by atoms with Gasteiger partial charge in [0.15, 0.2) is 17.5 Å². The summed E-state index contributed by atoms with van der Waals surface area (Å²) in [7, 11) is 3.38. The molecule has 0 amide bonds. The van der Waals surface area contributed by atoms with E-state index in [1.807, 2.05) is 37.3 Å². The van der Waals surface area contributed by atoms with Crippen LogP contribution < -0.4 is 29.7 Å². The first-order chi connectivity index (χ1) is 15.2. The summed E-state index contributed by atoms with van der Waals surface area (Å²) in [6.45, 7) is 7.89. The van der Waals surface area contributed by atoms with Crippen molar-refractivity contribution < 1.29 is 14.2 Å². The van der Waals surface area contributed by atoms with Crippen LogP contribution in [0.3, 0.4) is 0 Å². The molecular weight excluding hydrogens is 392 g/mol. The van der Waals surface area contributed by atoms with Crippen LogP contribution in [0.2, 0.25) is 0 Å². The van der Waals surface area contributed by atoms with Crippen molar-refractivity contribution >= 4 is 11.6 Å². The molecule has 1 atom stereocenters. The van der Waals surface area contributed by atoms with Gasteiger partial charge in [-0.05, 0) is 50.1 Å². The predicted octanol–water partition coefficient (Wildman–Crippen LogP) is 3.44. The molecule has 168 valence electrons. The molecule has 0 saturated carbocycles. The molecule has 1 aliphatic rings. The molecular formula is C24H34N4O3. The van der Waals surface area contributed by atoms with Gasteiger partial charge in [-0.2, -0.15) is 0 Å². The van der Waals surface area contributed by atoms with Crippen LogP contribution in [0.5, 0.6) is 17.2 Å². The number of hydrogen-bond acceptors (Lipinski definition) is 5. The van der Waals surface area contributed by atoms with Gasteiger partial charge in [0.2, 0.25) is 0 Å². The second-order valence-corrected chi connectivity index (χ2v) is 7.36. The highest BCUT2D eigenvalue weighted by Gasteiger charge is 2.25. The van der Waals surface area contributed by atoms with E-state index >= 15 is 0 Å². The SMILES string of the molecule is CCNC(=NCc1ccc(OCC)c(OC)c1)NC1CCN(c2ccccc2OC)C1. The van der Waals surface area contributed by atoms with Crippen LogP contribution in [-0.2, 0) is 6.54 Å². The van der Waals surface area contributed by atoms with Crippen molar-refractivity contribution in [2.24, 2.45) is 4.99 Å². The maximum atomic E-state index is 5.60. The van der Waals surface area contributed by atoms with E-state index in [0.717, 1.165) is 60.5 Å². The number of rotatable bonds is 9. The normalized spacial score (nSPS) is 16.2. The number of nitrogens with one attached hydrogen (secondary N) is 2. The van der Waals surface area contributed by atoms with E-state index in [2.05, 4.69) is 34.6 Å². The Morgan fingerprint density at radius 2 is 1.87 bits per heavy atom. The number of anilines is 1. The molecule has 7 heteroatoms. The monoisotopic (exact) mass is 426 g/mol. The number of aliphatic imine (C=N–C) groups is 1. The molecule has 0 radical (unpaired) electrons. The van der Waals surface area contributed by atoms with E-state index in [0.29, 0.717) is 19.2 Å². The zero-order chi connectivity index (χ0) is 22.1. The van der Waals surface area contributed by atoms with E-state index in [1.54, 1.807) is 14.2 Å². The van der Waals surface area contributed by atoms with Crippen molar-refractivity contribution in [3.8, 4) is 17.2 Å². The number of guanidine groups is 1. The van der Waals surface area contributed by atoms with Crippen molar-refractivity contribution in [3.63, 3.8) is 0 Å². The lowest BCUT2D eigenvalue weighted by Gasteiger charge is -2.22. The fraction of sp³-hybridized carbons (Fsp3) is 0.458. The van der Waals surface area contributed by atoms with Gasteiger partial charge < -0.3 is 29.7 Å². The van der Waals surface area contributed by atoms with E-state index in [-0.39, 0.29) is 0 Å². The van der Waals surface area contributed by atoms with Gasteiger partial charge in [-0.15, -0.1) is 0 Å². The molecule has 1 fully saturated rings. The van der Waals surface area contributed by atoms with Crippen molar-refractivity contribution in [1.82, 2.24) is 10.6 Å². The molecule has 0 aromatic heterocycles. The number of hydrogen-bond donors (Lipinski definition) is 2. The predicted molar refractivity (Wildman–Crippen MR) is 126 cm³/mol. The van der Waals surface area contributed by atoms with E-state index in [4.69, 9.17) is 19.2 Å². The van der Waals surface area contributed by atoms with Crippen LogP contribution in [0, 0.1) is 0 Å². The number of benzene rings is 2. The number of nitrogens with zero attached hydrogens (tertiary/aromatic N) is 2. The van der Waals surface area contributed by atoms with E-state index in [9.17, 15) is 0 Å². The summed E-state index contributed by atoms with van der Waals surface area (Å²) >= 11 is 0. The highest BCUT2D eigenvalue weighted by atomic mass is 16.5. The average molecular weight is 427 g/mol. The molecule has 1 heterocycles. The second-order valence-electron chi connectivity index (χ2n) is 7.36. The van der Waals surface area contributed by atoms with Crippen LogP contribution in [0.15, 0.2) is 47.5 Å². The third-order valence-corrected chi connectivity index (χ3v) is 5.25. The zero-order valence-corrected chi connectivity index (χ0v) is 19.0. The molecule has 7 nitrogen and oxygen atoms in total. The minimum atomic E-state index is 0.317. The average Bonchev–Trinajstić information content (AvgIpc) is 3.26. The van der Waals surface area contributed by atoms with Crippen LogP contribution in [-0.4, -0.2) is 52.5 Å². The van der Waals surface area contributed by atoms with Crippen molar-refractivity contribution in [1.29, 1.82) is 0 Å². The van der Waals surface area contributed by atoms with Gasteiger partial charge in [-0.1, -0.05) is 18.2 Å². The Balaban J connectivity index is 1.64. The van der Waals surface area contributed by atoms with Gasteiger partial charge in [0.1, 0.15) is 5.75 Å². The molecule has 2 N–H and O–H groups in total. The molecule has 0 bridgehead atoms. The molecule has 1 unspecified atom stereocenters. The lowest BCUT2D eigenvalue weighted by Crippen LogP contribution is -2.44. The quantitative estimate of drug-likeness (QED) is 0.473. The molecule has 0 aliphatic carbocycles. The first-order valence-corrected chi connectivity index (χ1v) is 10.9. The standard InChI is InChI=1S/C24H34N4O3/c1-5-25-24(26-16-18-11-12-22(31-6-2)23(15-18)30-4)27-19-13-14-28(17-19)20-9-7-8-10-21(20)29-3/h7-12,15,19H,5-6,13-14,16-17H2,1-4H3,(H2,25,26,27). The van der Waals surface area contributed by atoms with Crippen LogP contribution >= 0.6 is 0 Å². The minimum absolute atomic E-state index is 0.317. The number of para-hydroxylation sites is 2. The van der Waals surface area contributed by atoms with Gasteiger partial charge in [0.05, 0.1) is 33.1 Å². The Morgan fingerprint density at radius 1 is 1.06 bits per heavy atom. The third kappa shape index (κ3) is 5.96. The Kier molecular flexibility index (Phi) is 8.27. The summed E-state index contributed by atoms with van der Waals surface area (Å²) in [5, 5.41) is 6.94.